The quantitative estimate of drug-likeness (QED) is 0.756. The highest BCUT2D eigenvalue weighted by Gasteiger charge is 2.32. The van der Waals surface area contributed by atoms with Gasteiger partial charge in [0.2, 0.25) is 0 Å². The van der Waals surface area contributed by atoms with Crippen LogP contribution in [0.1, 0.15) is 13.3 Å². The minimum atomic E-state index is -0.886. The van der Waals surface area contributed by atoms with Gasteiger partial charge in [0.1, 0.15) is 0 Å². The molecule has 0 heterocycles. The van der Waals surface area contributed by atoms with Crippen LogP contribution in [0.5, 0.6) is 0 Å². The van der Waals surface area contributed by atoms with Crippen LogP contribution in [0, 0.1) is 23.5 Å². The van der Waals surface area contributed by atoms with Crippen molar-refractivity contribution in [1.29, 1.82) is 0 Å². The fourth-order valence-electron chi connectivity index (χ4n) is 1.66. The molecule has 2 unspecified atom stereocenters. The average molecular weight is 212 g/mol. The third-order valence-electron chi connectivity index (χ3n) is 2.94. The Hall–Kier alpha value is -1.32. The lowest BCUT2D eigenvalue weighted by Gasteiger charge is -2.10. The van der Waals surface area contributed by atoms with Gasteiger partial charge in [-0.2, -0.15) is 0 Å². The summed E-state index contributed by atoms with van der Waals surface area (Å²) in [6.45, 7) is 2.80. The maximum Gasteiger partial charge on any atom is 0.183 e. The molecule has 1 aromatic rings. The Balaban J connectivity index is 2.09. The van der Waals surface area contributed by atoms with E-state index in [0.29, 0.717) is 18.4 Å². The Bertz CT molecular complexity index is 379. The Morgan fingerprint density at radius 3 is 2.73 bits per heavy atom. The van der Waals surface area contributed by atoms with Crippen LogP contribution in [0.2, 0.25) is 0 Å². The van der Waals surface area contributed by atoms with Crippen molar-refractivity contribution >= 4 is 11.4 Å². The molecule has 1 fully saturated rings. The number of nitrogens with two attached hydrogens (primary N) is 1. The Labute approximate surface area is 87.5 Å². The molecule has 2 nitrogen and oxygen atoms in total. The number of nitrogen functional groups attached to an aromatic ring is 1. The lowest BCUT2D eigenvalue weighted by Crippen LogP contribution is -2.09. The second-order valence-corrected chi connectivity index (χ2v) is 4.18. The topological polar surface area (TPSA) is 38.0 Å². The van der Waals surface area contributed by atoms with E-state index in [1.807, 2.05) is 0 Å². The molecule has 1 saturated carbocycles. The molecule has 15 heavy (non-hydrogen) atoms. The SMILES string of the molecule is CC1CC1CNc1c(N)ccc(F)c1F. The molecule has 2 atom stereocenters. The molecule has 82 valence electrons. The largest absolute Gasteiger partial charge is 0.397 e. The first-order chi connectivity index (χ1) is 7.09. The third kappa shape index (κ3) is 2.03. The van der Waals surface area contributed by atoms with E-state index in [0.717, 1.165) is 12.5 Å². The van der Waals surface area contributed by atoms with E-state index in [-0.39, 0.29) is 11.4 Å². The highest BCUT2D eigenvalue weighted by atomic mass is 19.2. The summed E-state index contributed by atoms with van der Waals surface area (Å²) < 4.78 is 26.2. The van der Waals surface area contributed by atoms with Gasteiger partial charge < -0.3 is 11.1 Å². The van der Waals surface area contributed by atoms with Crippen molar-refractivity contribution < 1.29 is 8.78 Å². The second kappa shape index (κ2) is 3.68. The van der Waals surface area contributed by atoms with Gasteiger partial charge in [-0.15, -0.1) is 0 Å². The van der Waals surface area contributed by atoms with Crippen molar-refractivity contribution in [2.75, 3.05) is 17.6 Å². The molecule has 1 aliphatic carbocycles. The smallest absolute Gasteiger partial charge is 0.183 e. The van der Waals surface area contributed by atoms with Crippen molar-refractivity contribution in [1.82, 2.24) is 0 Å². The Morgan fingerprint density at radius 2 is 2.13 bits per heavy atom. The summed E-state index contributed by atoms with van der Waals surface area (Å²) in [7, 11) is 0. The van der Waals surface area contributed by atoms with Gasteiger partial charge in [0.25, 0.3) is 0 Å². The van der Waals surface area contributed by atoms with E-state index in [1.165, 1.54) is 6.07 Å². The molecule has 0 saturated heterocycles. The number of benzene rings is 1. The van der Waals surface area contributed by atoms with Gasteiger partial charge in [-0.25, -0.2) is 8.78 Å². The summed E-state index contributed by atoms with van der Waals surface area (Å²) in [6.07, 6.45) is 1.14. The zero-order chi connectivity index (χ0) is 11.0. The van der Waals surface area contributed by atoms with Crippen LogP contribution in [-0.2, 0) is 0 Å². The summed E-state index contributed by atoms with van der Waals surface area (Å²) in [4.78, 5) is 0. The standard InChI is InChI=1S/C11H14F2N2/c1-6-4-7(6)5-15-11-9(14)3-2-8(12)10(11)13/h2-3,6-7,15H,4-5,14H2,1H3. The van der Waals surface area contributed by atoms with Crippen molar-refractivity contribution in [3.8, 4) is 0 Å². The molecule has 0 amide bonds. The van der Waals surface area contributed by atoms with Crippen LogP contribution < -0.4 is 11.1 Å². The Kier molecular flexibility index (Phi) is 2.50. The zero-order valence-electron chi connectivity index (χ0n) is 8.56. The van der Waals surface area contributed by atoms with Crippen LogP contribution in [0.25, 0.3) is 0 Å². The van der Waals surface area contributed by atoms with E-state index in [1.54, 1.807) is 0 Å². The van der Waals surface area contributed by atoms with Crippen LogP contribution in [-0.4, -0.2) is 6.54 Å². The van der Waals surface area contributed by atoms with Gasteiger partial charge >= 0.3 is 0 Å². The maximum atomic E-state index is 13.3. The molecule has 1 aliphatic rings. The summed E-state index contributed by atoms with van der Waals surface area (Å²) in [5.41, 5.74) is 5.91. The average Bonchev–Trinajstić information content (AvgIpc) is 2.89. The minimum Gasteiger partial charge on any atom is -0.397 e. The molecule has 0 aromatic heterocycles. The predicted molar refractivity (Wildman–Crippen MR) is 56.5 cm³/mol. The van der Waals surface area contributed by atoms with Gasteiger partial charge in [-0.1, -0.05) is 6.92 Å². The Morgan fingerprint density at radius 1 is 1.47 bits per heavy atom. The summed E-state index contributed by atoms with van der Waals surface area (Å²) in [6, 6.07) is 2.41. The van der Waals surface area contributed by atoms with Crippen LogP contribution in [0.15, 0.2) is 12.1 Å². The molecule has 0 aliphatic heterocycles. The molecule has 0 bridgehead atoms. The minimum absolute atomic E-state index is 0.0918. The van der Waals surface area contributed by atoms with E-state index in [2.05, 4.69) is 12.2 Å². The number of hydrogen-bond donors (Lipinski definition) is 2. The first kappa shape index (κ1) is 10.2. The lowest BCUT2D eigenvalue weighted by atomic mass is 10.2. The monoisotopic (exact) mass is 212 g/mol. The summed E-state index contributed by atoms with van der Waals surface area (Å²) >= 11 is 0. The first-order valence-electron chi connectivity index (χ1n) is 5.07. The molecule has 0 spiro atoms. The maximum absolute atomic E-state index is 13.3. The number of nitrogens with one attached hydrogen (secondary N) is 1. The molecule has 4 heteroatoms. The molecule has 3 N–H and O–H groups in total. The summed E-state index contributed by atoms with van der Waals surface area (Å²) in [5, 5.41) is 2.87. The fourth-order valence-corrected chi connectivity index (χ4v) is 1.66. The summed E-state index contributed by atoms with van der Waals surface area (Å²) in [5.74, 6) is -0.513. The number of halogens is 2. The number of anilines is 2. The van der Waals surface area contributed by atoms with Crippen LogP contribution >= 0.6 is 0 Å². The third-order valence-corrected chi connectivity index (χ3v) is 2.94. The highest BCUT2D eigenvalue weighted by Crippen LogP contribution is 2.38. The van der Waals surface area contributed by atoms with Gasteiger partial charge in [0.05, 0.1) is 11.4 Å². The van der Waals surface area contributed by atoms with Crippen molar-refractivity contribution in [3.05, 3.63) is 23.8 Å². The first-order valence-corrected chi connectivity index (χ1v) is 5.07. The normalized spacial score (nSPS) is 23.9. The van der Waals surface area contributed by atoms with Crippen molar-refractivity contribution in [3.63, 3.8) is 0 Å². The van der Waals surface area contributed by atoms with E-state index in [9.17, 15) is 8.78 Å². The second-order valence-electron chi connectivity index (χ2n) is 4.18. The van der Waals surface area contributed by atoms with E-state index in [4.69, 9.17) is 5.73 Å². The highest BCUT2D eigenvalue weighted by molar-refractivity contribution is 5.66. The van der Waals surface area contributed by atoms with Crippen molar-refractivity contribution in [2.24, 2.45) is 11.8 Å². The van der Waals surface area contributed by atoms with Crippen LogP contribution in [0.3, 0.4) is 0 Å². The van der Waals surface area contributed by atoms with Gasteiger partial charge in [-0.05, 0) is 30.4 Å². The fraction of sp³-hybridized carbons (Fsp3) is 0.455. The predicted octanol–water partition coefficient (Wildman–Crippen LogP) is 2.61. The molecular weight excluding hydrogens is 198 g/mol. The molecular formula is C11H14F2N2. The van der Waals surface area contributed by atoms with E-state index < -0.39 is 11.6 Å². The lowest BCUT2D eigenvalue weighted by molar-refractivity contribution is 0.511. The van der Waals surface area contributed by atoms with Gasteiger partial charge in [-0.3, -0.25) is 0 Å². The number of hydrogen-bond acceptors (Lipinski definition) is 2. The molecule has 0 radical (unpaired) electrons. The zero-order valence-corrected chi connectivity index (χ0v) is 8.56. The van der Waals surface area contributed by atoms with Crippen LogP contribution in [0.4, 0.5) is 20.2 Å². The number of rotatable bonds is 3. The molecule has 1 aromatic carbocycles. The van der Waals surface area contributed by atoms with E-state index >= 15 is 0 Å². The van der Waals surface area contributed by atoms with Gasteiger partial charge in [0.15, 0.2) is 11.6 Å². The van der Waals surface area contributed by atoms with Gasteiger partial charge in [0, 0.05) is 6.54 Å². The molecule has 2 rings (SSSR count). The van der Waals surface area contributed by atoms with Crippen molar-refractivity contribution in [2.45, 2.75) is 13.3 Å².